The Hall–Kier alpha value is -0.770. The van der Waals surface area contributed by atoms with E-state index in [1.54, 1.807) is 18.2 Å². The molecule has 0 saturated heterocycles. The number of rotatable bonds is 7. The second-order valence-electron chi connectivity index (χ2n) is 4.95. The molecule has 20 heavy (non-hydrogen) atoms. The second kappa shape index (κ2) is 8.50. The van der Waals surface area contributed by atoms with E-state index in [1.807, 2.05) is 0 Å². The zero-order chi connectivity index (χ0) is 15.1. The third-order valence-corrected chi connectivity index (χ3v) is 3.96. The molecule has 0 aliphatic rings. The summed E-state index contributed by atoms with van der Waals surface area (Å²) in [4.78, 5) is 14.2. The van der Waals surface area contributed by atoms with Gasteiger partial charge in [-0.2, -0.15) is 0 Å². The van der Waals surface area contributed by atoms with Crippen LogP contribution in [0.1, 0.15) is 26.3 Å². The first-order chi connectivity index (χ1) is 9.45. The Labute approximate surface area is 131 Å². The van der Waals surface area contributed by atoms with Gasteiger partial charge in [-0.05, 0) is 38.1 Å². The van der Waals surface area contributed by atoms with E-state index in [0.717, 1.165) is 13.1 Å². The van der Waals surface area contributed by atoms with Crippen LogP contribution in [0.25, 0.3) is 0 Å². The van der Waals surface area contributed by atoms with Crippen molar-refractivity contribution in [1.82, 2.24) is 10.2 Å². The first-order valence-corrected chi connectivity index (χ1v) is 7.65. The molecule has 1 N–H and O–H groups in total. The predicted octanol–water partition coefficient (Wildman–Crippen LogP) is 3.38. The lowest BCUT2D eigenvalue weighted by Crippen LogP contribution is -2.38. The molecule has 5 heteroatoms. The van der Waals surface area contributed by atoms with Crippen LogP contribution < -0.4 is 5.32 Å². The van der Waals surface area contributed by atoms with E-state index in [9.17, 15) is 4.79 Å². The first kappa shape index (κ1) is 17.3. The molecule has 1 amide bonds. The van der Waals surface area contributed by atoms with Crippen molar-refractivity contribution in [3.8, 4) is 0 Å². The van der Waals surface area contributed by atoms with Gasteiger partial charge >= 0.3 is 0 Å². The van der Waals surface area contributed by atoms with Gasteiger partial charge in [0.25, 0.3) is 0 Å². The highest BCUT2D eigenvalue weighted by Crippen LogP contribution is 2.24. The van der Waals surface area contributed by atoms with Crippen molar-refractivity contribution in [2.24, 2.45) is 0 Å². The van der Waals surface area contributed by atoms with Gasteiger partial charge in [-0.15, -0.1) is 0 Å². The Morgan fingerprint density at radius 3 is 2.40 bits per heavy atom. The average molecular weight is 317 g/mol. The molecular formula is C15H22Cl2N2O. The van der Waals surface area contributed by atoms with Crippen LogP contribution in [0.2, 0.25) is 10.0 Å². The lowest BCUT2D eigenvalue weighted by atomic mass is 10.1. The normalized spacial score (nSPS) is 11.2. The maximum absolute atomic E-state index is 11.9. The molecule has 0 radical (unpaired) electrons. The van der Waals surface area contributed by atoms with E-state index in [1.165, 1.54) is 0 Å². The highest BCUT2D eigenvalue weighted by atomic mass is 35.5. The molecule has 112 valence electrons. The lowest BCUT2D eigenvalue weighted by Gasteiger charge is -2.24. The van der Waals surface area contributed by atoms with E-state index in [2.05, 4.69) is 31.0 Å². The highest BCUT2D eigenvalue weighted by Gasteiger charge is 2.11. The zero-order valence-electron chi connectivity index (χ0n) is 12.2. The van der Waals surface area contributed by atoms with Gasteiger partial charge < -0.3 is 5.32 Å². The number of nitrogens with zero attached hydrogens (tertiary/aromatic N) is 1. The van der Waals surface area contributed by atoms with Gasteiger partial charge in [0, 0.05) is 29.2 Å². The molecule has 1 aromatic carbocycles. The Bertz CT molecular complexity index is 429. The van der Waals surface area contributed by atoms with Crippen LogP contribution in [0, 0.1) is 0 Å². The fraction of sp³-hybridized carbons (Fsp3) is 0.533. The summed E-state index contributed by atoms with van der Waals surface area (Å²) in [6, 6.07) is 5.74. The number of likely N-dealkylation sites (N-methyl/N-ethyl adjacent to an activating group) is 1. The summed E-state index contributed by atoms with van der Waals surface area (Å²) < 4.78 is 0. The predicted molar refractivity (Wildman–Crippen MR) is 85.6 cm³/mol. The van der Waals surface area contributed by atoms with Crippen LogP contribution in [0.3, 0.4) is 0 Å². The van der Waals surface area contributed by atoms with E-state index >= 15 is 0 Å². The minimum Gasteiger partial charge on any atom is -0.355 e. The number of carbonyl (C=O) groups is 1. The molecule has 0 spiro atoms. The van der Waals surface area contributed by atoms with Gasteiger partial charge in [-0.25, -0.2) is 0 Å². The van der Waals surface area contributed by atoms with Crippen LogP contribution in [0.4, 0.5) is 0 Å². The van der Waals surface area contributed by atoms with E-state index in [0.29, 0.717) is 28.2 Å². The van der Waals surface area contributed by atoms with Crippen molar-refractivity contribution in [3.05, 3.63) is 33.8 Å². The Kier molecular flexibility index (Phi) is 7.35. The average Bonchev–Trinajstić information content (AvgIpc) is 2.38. The summed E-state index contributed by atoms with van der Waals surface area (Å²) in [6.45, 7) is 8.86. The largest absolute Gasteiger partial charge is 0.355 e. The van der Waals surface area contributed by atoms with Crippen molar-refractivity contribution in [2.45, 2.75) is 33.2 Å². The third kappa shape index (κ3) is 5.31. The number of nitrogens with one attached hydrogen (secondary N) is 1. The summed E-state index contributed by atoms with van der Waals surface area (Å²) in [6.07, 6.45) is 0.215. The standard InChI is InChI=1S/C15H22Cl2N2O/c1-4-19(11(2)3)9-8-18-15(20)10-12-13(16)6-5-7-14(12)17/h5-7,11H,4,8-10H2,1-3H3,(H,18,20). The SMILES string of the molecule is CCN(CCNC(=O)Cc1c(Cl)cccc1Cl)C(C)C. The first-order valence-electron chi connectivity index (χ1n) is 6.89. The second-order valence-corrected chi connectivity index (χ2v) is 5.76. The molecule has 0 fully saturated rings. The monoisotopic (exact) mass is 316 g/mol. The van der Waals surface area contributed by atoms with Crippen molar-refractivity contribution in [1.29, 1.82) is 0 Å². The number of carbonyl (C=O) groups excluding carboxylic acids is 1. The van der Waals surface area contributed by atoms with Crippen LogP contribution in [0.5, 0.6) is 0 Å². The summed E-state index contributed by atoms with van der Waals surface area (Å²) in [5.74, 6) is -0.0557. The molecular weight excluding hydrogens is 295 g/mol. The van der Waals surface area contributed by atoms with Crippen molar-refractivity contribution in [3.63, 3.8) is 0 Å². The van der Waals surface area contributed by atoms with Crippen LogP contribution in [-0.4, -0.2) is 36.5 Å². The summed E-state index contributed by atoms with van der Waals surface area (Å²) >= 11 is 12.1. The number of amides is 1. The number of hydrogen-bond acceptors (Lipinski definition) is 2. The topological polar surface area (TPSA) is 32.3 Å². The molecule has 0 aromatic heterocycles. The van der Waals surface area contributed by atoms with Gasteiger partial charge in [0.05, 0.1) is 6.42 Å². The molecule has 1 aromatic rings. The maximum atomic E-state index is 11.9. The summed E-state index contributed by atoms with van der Waals surface area (Å²) in [7, 11) is 0. The molecule has 0 saturated carbocycles. The van der Waals surface area contributed by atoms with Crippen LogP contribution in [0.15, 0.2) is 18.2 Å². The Balaban J connectivity index is 2.45. The Morgan fingerprint density at radius 2 is 1.90 bits per heavy atom. The molecule has 0 heterocycles. The quantitative estimate of drug-likeness (QED) is 0.836. The molecule has 0 atom stereocenters. The van der Waals surface area contributed by atoms with Crippen LogP contribution in [-0.2, 0) is 11.2 Å². The molecule has 0 aliphatic heterocycles. The van der Waals surface area contributed by atoms with Gasteiger partial charge in [-0.1, -0.05) is 36.2 Å². The van der Waals surface area contributed by atoms with E-state index in [-0.39, 0.29) is 12.3 Å². The fourth-order valence-corrected chi connectivity index (χ4v) is 2.58. The highest BCUT2D eigenvalue weighted by molar-refractivity contribution is 6.36. The molecule has 0 unspecified atom stereocenters. The van der Waals surface area contributed by atoms with Gasteiger partial charge in [0.2, 0.25) is 5.91 Å². The van der Waals surface area contributed by atoms with Crippen LogP contribution >= 0.6 is 23.2 Å². The van der Waals surface area contributed by atoms with Gasteiger partial charge in [-0.3, -0.25) is 9.69 Å². The van der Waals surface area contributed by atoms with Crippen molar-refractivity contribution < 1.29 is 4.79 Å². The van der Waals surface area contributed by atoms with E-state index < -0.39 is 0 Å². The number of benzene rings is 1. The third-order valence-electron chi connectivity index (χ3n) is 3.26. The zero-order valence-corrected chi connectivity index (χ0v) is 13.8. The molecule has 0 aliphatic carbocycles. The fourth-order valence-electron chi connectivity index (χ4n) is 2.04. The molecule has 1 rings (SSSR count). The number of hydrogen-bond donors (Lipinski definition) is 1. The minimum atomic E-state index is -0.0557. The molecule has 3 nitrogen and oxygen atoms in total. The molecule has 0 bridgehead atoms. The van der Waals surface area contributed by atoms with Crippen molar-refractivity contribution in [2.75, 3.05) is 19.6 Å². The smallest absolute Gasteiger partial charge is 0.224 e. The van der Waals surface area contributed by atoms with Crippen molar-refractivity contribution >= 4 is 29.1 Å². The van der Waals surface area contributed by atoms with E-state index in [4.69, 9.17) is 23.2 Å². The number of halogens is 2. The minimum absolute atomic E-state index is 0.0557. The van der Waals surface area contributed by atoms with Gasteiger partial charge in [0.1, 0.15) is 0 Å². The Morgan fingerprint density at radius 1 is 1.30 bits per heavy atom. The summed E-state index contributed by atoms with van der Waals surface area (Å²) in [5.41, 5.74) is 0.685. The summed E-state index contributed by atoms with van der Waals surface area (Å²) in [5, 5.41) is 3.97. The maximum Gasteiger partial charge on any atom is 0.224 e. The van der Waals surface area contributed by atoms with Gasteiger partial charge in [0.15, 0.2) is 0 Å². The lowest BCUT2D eigenvalue weighted by molar-refractivity contribution is -0.120.